The molecule has 2 heterocycles. The molecule has 0 N–H and O–H groups in total. The van der Waals surface area contributed by atoms with E-state index in [0.29, 0.717) is 0 Å². The third-order valence-corrected chi connectivity index (χ3v) is 4.58. The van der Waals surface area contributed by atoms with E-state index < -0.39 is 0 Å². The summed E-state index contributed by atoms with van der Waals surface area (Å²) in [6.07, 6.45) is 2.80. The molecule has 2 fully saturated rings. The fourth-order valence-corrected chi connectivity index (χ4v) is 3.25. The van der Waals surface area contributed by atoms with Crippen molar-refractivity contribution in [3.05, 3.63) is 0 Å². The maximum Gasteiger partial charge on any atom is 0.0120 e. The van der Waals surface area contributed by atoms with Crippen LogP contribution >= 0.6 is 0 Å². The lowest BCUT2D eigenvalue weighted by Gasteiger charge is -2.48. The van der Waals surface area contributed by atoms with Gasteiger partial charge in [-0.3, -0.25) is 4.90 Å². The topological polar surface area (TPSA) is 6.48 Å². The summed E-state index contributed by atoms with van der Waals surface area (Å²) >= 11 is 0. The van der Waals surface area contributed by atoms with Crippen molar-refractivity contribution < 1.29 is 0 Å². The molecule has 2 aliphatic heterocycles. The zero-order valence-corrected chi connectivity index (χ0v) is 12.2. The standard InChI is InChI=1S/C15H30N2/c1-12(2)9-16-7-5-15(6-8-16)17-10-14(11-17)13(3)4/h12-15H,5-11H2,1-4H3. The SMILES string of the molecule is CC(C)CN1CCC(N2CC(C(C)C)C2)CC1. The van der Waals surface area contributed by atoms with Crippen molar-refractivity contribution in [3.8, 4) is 0 Å². The minimum Gasteiger partial charge on any atom is -0.303 e. The van der Waals surface area contributed by atoms with Crippen molar-refractivity contribution in [3.63, 3.8) is 0 Å². The number of likely N-dealkylation sites (tertiary alicyclic amines) is 2. The molecule has 2 saturated heterocycles. The van der Waals surface area contributed by atoms with Crippen LogP contribution in [-0.4, -0.2) is 48.6 Å². The molecule has 2 heteroatoms. The van der Waals surface area contributed by atoms with Gasteiger partial charge in [0.1, 0.15) is 0 Å². The zero-order chi connectivity index (χ0) is 12.4. The van der Waals surface area contributed by atoms with E-state index in [0.717, 1.165) is 23.8 Å². The monoisotopic (exact) mass is 238 g/mol. The average molecular weight is 238 g/mol. The van der Waals surface area contributed by atoms with E-state index in [1.54, 1.807) is 0 Å². The van der Waals surface area contributed by atoms with E-state index in [4.69, 9.17) is 0 Å². The molecule has 0 aromatic rings. The maximum absolute atomic E-state index is 2.73. The van der Waals surface area contributed by atoms with Crippen LogP contribution in [0.5, 0.6) is 0 Å². The van der Waals surface area contributed by atoms with Crippen LogP contribution < -0.4 is 0 Å². The van der Waals surface area contributed by atoms with Crippen molar-refractivity contribution in [2.24, 2.45) is 17.8 Å². The maximum atomic E-state index is 2.73. The summed E-state index contributed by atoms with van der Waals surface area (Å²) in [6, 6.07) is 0.897. The molecular formula is C15H30N2. The van der Waals surface area contributed by atoms with Crippen LogP contribution in [-0.2, 0) is 0 Å². The van der Waals surface area contributed by atoms with Crippen LogP contribution in [0.1, 0.15) is 40.5 Å². The molecule has 0 aromatic heterocycles. The Morgan fingerprint density at radius 2 is 1.59 bits per heavy atom. The molecule has 0 amide bonds. The van der Waals surface area contributed by atoms with Gasteiger partial charge in [0.05, 0.1) is 0 Å². The number of hydrogen-bond donors (Lipinski definition) is 0. The van der Waals surface area contributed by atoms with Gasteiger partial charge in [-0.15, -0.1) is 0 Å². The van der Waals surface area contributed by atoms with Crippen LogP contribution in [0, 0.1) is 17.8 Å². The Hall–Kier alpha value is -0.0800. The Morgan fingerprint density at radius 1 is 1.00 bits per heavy atom. The second-order valence-electron chi connectivity index (χ2n) is 6.88. The predicted molar refractivity (Wildman–Crippen MR) is 74.2 cm³/mol. The predicted octanol–water partition coefficient (Wildman–Crippen LogP) is 2.69. The van der Waals surface area contributed by atoms with E-state index in [2.05, 4.69) is 37.5 Å². The molecular weight excluding hydrogens is 208 g/mol. The minimum absolute atomic E-state index is 0.820. The van der Waals surface area contributed by atoms with Crippen LogP contribution in [0.15, 0.2) is 0 Å². The summed E-state index contributed by atoms with van der Waals surface area (Å²) in [5.41, 5.74) is 0. The highest BCUT2D eigenvalue weighted by molar-refractivity contribution is 4.89. The van der Waals surface area contributed by atoms with Gasteiger partial charge in [-0.2, -0.15) is 0 Å². The van der Waals surface area contributed by atoms with Crippen molar-refractivity contribution in [2.45, 2.75) is 46.6 Å². The normalized spacial score (nSPS) is 25.8. The van der Waals surface area contributed by atoms with E-state index in [9.17, 15) is 0 Å². The van der Waals surface area contributed by atoms with Crippen molar-refractivity contribution in [1.82, 2.24) is 9.80 Å². The first-order valence-electron chi connectivity index (χ1n) is 7.52. The number of piperidine rings is 1. The quantitative estimate of drug-likeness (QED) is 0.743. The Kier molecular flexibility index (Phi) is 4.48. The lowest BCUT2D eigenvalue weighted by atomic mass is 9.85. The molecule has 2 aliphatic rings. The van der Waals surface area contributed by atoms with E-state index in [1.165, 1.54) is 45.6 Å². The van der Waals surface area contributed by atoms with Gasteiger partial charge in [0.15, 0.2) is 0 Å². The van der Waals surface area contributed by atoms with Gasteiger partial charge >= 0.3 is 0 Å². The zero-order valence-electron chi connectivity index (χ0n) is 12.2. The summed E-state index contributed by atoms with van der Waals surface area (Å²) in [4.78, 5) is 5.39. The fourth-order valence-electron chi connectivity index (χ4n) is 3.25. The van der Waals surface area contributed by atoms with Crippen molar-refractivity contribution in [1.29, 1.82) is 0 Å². The Morgan fingerprint density at radius 3 is 2.06 bits per heavy atom. The van der Waals surface area contributed by atoms with Gasteiger partial charge in [0.25, 0.3) is 0 Å². The summed E-state index contributed by atoms with van der Waals surface area (Å²) in [5, 5.41) is 0. The fraction of sp³-hybridized carbons (Fsp3) is 1.00. The first kappa shape index (κ1) is 13.4. The van der Waals surface area contributed by atoms with Crippen LogP contribution in [0.4, 0.5) is 0 Å². The molecule has 0 unspecified atom stereocenters. The van der Waals surface area contributed by atoms with Crippen molar-refractivity contribution >= 4 is 0 Å². The molecule has 0 aromatic carbocycles. The first-order valence-corrected chi connectivity index (χ1v) is 7.52. The molecule has 2 rings (SSSR count). The van der Waals surface area contributed by atoms with Crippen LogP contribution in [0.2, 0.25) is 0 Å². The molecule has 0 atom stereocenters. The van der Waals surface area contributed by atoms with Gasteiger partial charge in [-0.25, -0.2) is 0 Å². The van der Waals surface area contributed by atoms with E-state index in [-0.39, 0.29) is 0 Å². The van der Waals surface area contributed by atoms with Gasteiger partial charge in [0, 0.05) is 25.7 Å². The average Bonchev–Trinajstić information content (AvgIpc) is 2.16. The number of hydrogen-bond acceptors (Lipinski definition) is 2. The smallest absolute Gasteiger partial charge is 0.0120 e. The van der Waals surface area contributed by atoms with Gasteiger partial charge in [0.2, 0.25) is 0 Å². The van der Waals surface area contributed by atoms with Gasteiger partial charge in [-0.1, -0.05) is 27.7 Å². The summed E-state index contributed by atoms with van der Waals surface area (Å²) in [7, 11) is 0. The third-order valence-electron chi connectivity index (χ3n) is 4.58. The molecule has 0 bridgehead atoms. The second-order valence-corrected chi connectivity index (χ2v) is 6.88. The lowest BCUT2D eigenvalue weighted by Crippen LogP contribution is -2.56. The van der Waals surface area contributed by atoms with Crippen molar-refractivity contribution in [2.75, 3.05) is 32.7 Å². The molecule has 100 valence electrons. The molecule has 0 aliphatic carbocycles. The highest BCUT2D eigenvalue weighted by Crippen LogP contribution is 2.29. The van der Waals surface area contributed by atoms with E-state index >= 15 is 0 Å². The second kappa shape index (κ2) is 5.71. The van der Waals surface area contributed by atoms with Gasteiger partial charge in [-0.05, 0) is 43.7 Å². The molecule has 0 spiro atoms. The number of nitrogens with zero attached hydrogens (tertiary/aromatic N) is 2. The van der Waals surface area contributed by atoms with Crippen LogP contribution in [0.3, 0.4) is 0 Å². The summed E-state index contributed by atoms with van der Waals surface area (Å²) < 4.78 is 0. The largest absolute Gasteiger partial charge is 0.303 e. The molecule has 17 heavy (non-hydrogen) atoms. The highest BCUT2D eigenvalue weighted by Gasteiger charge is 2.35. The third kappa shape index (κ3) is 3.45. The van der Waals surface area contributed by atoms with Crippen LogP contribution in [0.25, 0.3) is 0 Å². The molecule has 0 radical (unpaired) electrons. The highest BCUT2D eigenvalue weighted by atomic mass is 15.2. The Bertz CT molecular complexity index is 223. The lowest BCUT2D eigenvalue weighted by molar-refractivity contribution is 0.0000916. The summed E-state index contributed by atoms with van der Waals surface area (Å²) in [6.45, 7) is 16.1. The van der Waals surface area contributed by atoms with E-state index in [1.807, 2.05) is 0 Å². The Balaban J connectivity index is 1.67. The molecule has 2 nitrogen and oxygen atoms in total. The van der Waals surface area contributed by atoms with Gasteiger partial charge < -0.3 is 4.90 Å². The number of rotatable bonds is 4. The Labute approximate surface area is 107 Å². The molecule has 0 saturated carbocycles. The summed E-state index contributed by atoms with van der Waals surface area (Å²) in [5.74, 6) is 2.68. The first-order chi connectivity index (χ1) is 8.06. The minimum atomic E-state index is 0.820.